The Bertz CT molecular complexity index is 1770. The number of aromatic nitrogens is 3. The van der Waals surface area contributed by atoms with Crippen LogP contribution in [0.5, 0.6) is 0 Å². The molecule has 2 aliphatic rings. The average Bonchev–Trinajstić information content (AvgIpc) is 3.78. The molecule has 47 heavy (non-hydrogen) atoms. The van der Waals surface area contributed by atoms with Gasteiger partial charge in [0.1, 0.15) is 5.65 Å². The molecule has 1 saturated carbocycles. The minimum Gasteiger partial charge on any atom is -0.388 e. The number of hydrogen-bond donors (Lipinski definition) is 2. The standard InChI is InChI=1S/C38H48ClFN6O/c1-24(2)6-4-7-27-20-32(36(40)33(39)21-27)34-22-29-23-46(38(47)44-37(29)43-34)31-14-12-28(13-15-31)35-9-5-8-30(16-18-42-25(3)41)45(35)19-17-26-10-11-26/h12-15,20-24,26,30,35H,4-11,16-19H2,1-3H3,(H2,41,42)(H,43,44,47). The van der Waals surface area contributed by atoms with Crippen LogP contribution in [-0.4, -0.2) is 44.4 Å². The number of H-pyrrole nitrogens is 1. The van der Waals surface area contributed by atoms with Gasteiger partial charge < -0.3 is 10.7 Å². The summed E-state index contributed by atoms with van der Waals surface area (Å²) in [5.41, 5.74) is 9.82. The van der Waals surface area contributed by atoms with Crippen LogP contribution in [-0.2, 0) is 6.42 Å². The smallest absolute Gasteiger partial charge is 0.354 e. The zero-order valence-corrected chi connectivity index (χ0v) is 28.7. The van der Waals surface area contributed by atoms with Crippen LogP contribution < -0.4 is 11.4 Å². The van der Waals surface area contributed by atoms with E-state index in [4.69, 9.17) is 17.3 Å². The Morgan fingerprint density at radius 1 is 1.13 bits per heavy atom. The van der Waals surface area contributed by atoms with Crippen molar-refractivity contribution >= 4 is 28.5 Å². The Morgan fingerprint density at radius 3 is 2.64 bits per heavy atom. The summed E-state index contributed by atoms with van der Waals surface area (Å²) in [4.78, 5) is 27.9. The van der Waals surface area contributed by atoms with E-state index in [2.05, 4.69) is 45.8 Å². The Labute approximate surface area is 282 Å². The number of piperidine rings is 1. The minimum atomic E-state index is -0.477. The molecule has 0 amide bonds. The van der Waals surface area contributed by atoms with E-state index in [9.17, 15) is 4.79 Å². The van der Waals surface area contributed by atoms with Crippen molar-refractivity contribution in [2.24, 2.45) is 22.6 Å². The SMILES string of the molecule is CC(N)=NCCC1CCCC(c2ccc(-n3cc4cc(-c5cc(CCCC(C)C)cc(Cl)c5F)[nH]c4nc3=O)cc2)N1CCC1CC1. The molecule has 2 unspecified atom stereocenters. The fourth-order valence-corrected chi connectivity index (χ4v) is 7.39. The van der Waals surface area contributed by atoms with Crippen LogP contribution in [0.2, 0.25) is 5.02 Å². The maximum absolute atomic E-state index is 15.2. The number of nitrogens with one attached hydrogen (secondary N) is 1. The molecule has 1 aliphatic carbocycles. The molecular weight excluding hydrogens is 611 g/mol. The number of fused-ring (bicyclic) bond motifs is 1. The van der Waals surface area contributed by atoms with Crippen molar-refractivity contribution in [2.75, 3.05) is 13.1 Å². The minimum absolute atomic E-state index is 0.0999. The number of nitrogens with zero attached hydrogens (tertiary/aromatic N) is 4. The highest BCUT2D eigenvalue weighted by molar-refractivity contribution is 6.31. The molecule has 2 atom stereocenters. The largest absolute Gasteiger partial charge is 0.388 e. The summed E-state index contributed by atoms with van der Waals surface area (Å²) in [6.45, 7) is 8.12. The number of nitrogens with two attached hydrogens (primary N) is 1. The number of aromatic amines is 1. The fraction of sp³-hybridized carbons (Fsp3) is 0.500. The van der Waals surface area contributed by atoms with E-state index in [1.807, 2.05) is 31.2 Å². The molecule has 0 bridgehead atoms. The second kappa shape index (κ2) is 14.7. The number of rotatable bonds is 13. The van der Waals surface area contributed by atoms with Crippen molar-refractivity contribution in [3.05, 3.63) is 81.1 Å². The number of benzene rings is 2. The van der Waals surface area contributed by atoms with E-state index in [1.165, 1.54) is 37.7 Å². The Morgan fingerprint density at radius 2 is 1.91 bits per heavy atom. The van der Waals surface area contributed by atoms with Crippen LogP contribution in [0.3, 0.4) is 0 Å². The van der Waals surface area contributed by atoms with Crippen LogP contribution in [0.15, 0.2) is 58.4 Å². The van der Waals surface area contributed by atoms with Crippen molar-refractivity contribution in [3.63, 3.8) is 0 Å². The summed E-state index contributed by atoms with van der Waals surface area (Å²) in [5, 5.41) is 0.823. The third-order valence-electron chi connectivity index (χ3n) is 9.89. The van der Waals surface area contributed by atoms with E-state index in [-0.39, 0.29) is 10.7 Å². The number of likely N-dealkylation sites (tertiary alicyclic amines) is 1. The average molecular weight is 659 g/mol. The molecule has 0 radical (unpaired) electrons. The predicted molar refractivity (Wildman–Crippen MR) is 191 cm³/mol. The van der Waals surface area contributed by atoms with Gasteiger partial charge in [-0.25, -0.2) is 9.18 Å². The van der Waals surface area contributed by atoms with Crippen molar-refractivity contribution in [3.8, 4) is 16.9 Å². The first-order valence-corrected chi connectivity index (χ1v) is 17.8. The van der Waals surface area contributed by atoms with Crippen LogP contribution in [0.1, 0.15) is 95.7 Å². The van der Waals surface area contributed by atoms with E-state index in [0.717, 1.165) is 67.7 Å². The zero-order valence-electron chi connectivity index (χ0n) is 27.9. The Balaban J connectivity index is 1.24. The number of halogens is 2. The lowest BCUT2D eigenvalue weighted by Gasteiger charge is -2.43. The van der Waals surface area contributed by atoms with Crippen LogP contribution in [0.25, 0.3) is 28.0 Å². The first-order chi connectivity index (χ1) is 22.7. The molecule has 4 aromatic rings. The molecular formula is C38H48ClFN6O. The van der Waals surface area contributed by atoms with Crippen LogP contribution >= 0.6 is 11.6 Å². The highest BCUT2D eigenvalue weighted by Crippen LogP contribution is 2.39. The molecule has 6 rings (SSSR count). The van der Waals surface area contributed by atoms with Crippen LogP contribution in [0.4, 0.5) is 4.39 Å². The van der Waals surface area contributed by atoms with E-state index in [0.29, 0.717) is 40.7 Å². The summed E-state index contributed by atoms with van der Waals surface area (Å²) < 4.78 is 16.8. The van der Waals surface area contributed by atoms with Crippen molar-refractivity contribution < 1.29 is 4.39 Å². The van der Waals surface area contributed by atoms with Gasteiger partial charge in [-0.2, -0.15) is 4.98 Å². The number of aliphatic imine (C=N–C) groups is 1. The van der Waals surface area contributed by atoms with Gasteiger partial charge in [0, 0.05) is 35.8 Å². The van der Waals surface area contributed by atoms with E-state index in [1.54, 1.807) is 16.8 Å². The van der Waals surface area contributed by atoms with Gasteiger partial charge in [-0.1, -0.05) is 56.8 Å². The number of amidine groups is 1. The third kappa shape index (κ3) is 8.15. The summed E-state index contributed by atoms with van der Waals surface area (Å²) in [5.74, 6) is 1.65. The first kappa shape index (κ1) is 33.4. The molecule has 7 nitrogen and oxygen atoms in total. The molecule has 1 saturated heterocycles. The first-order valence-electron chi connectivity index (χ1n) is 17.4. The van der Waals surface area contributed by atoms with Gasteiger partial charge in [-0.15, -0.1) is 0 Å². The van der Waals surface area contributed by atoms with Gasteiger partial charge >= 0.3 is 5.69 Å². The highest BCUT2D eigenvalue weighted by atomic mass is 35.5. The summed E-state index contributed by atoms with van der Waals surface area (Å²) in [7, 11) is 0. The maximum Gasteiger partial charge on any atom is 0.354 e. The van der Waals surface area contributed by atoms with Gasteiger partial charge in [-0.3, -0.25) is 14.5 Å². The third-order valence-corrected chi connectivity index (χ3v) is 10.2. The van der Waals surface area contributed by atoms with Crippen molar-refractivity contribution in [1.29, 1.82) is 0 Å². The number of aryl methyl sites for hydroxylation is 1. The van der Waals surface area contributed by atoms with E-state index >= 15 is 4.39 Å². The summed E-state index contributed by atoms with van der Waals surface area (Å²) in [6.07, 6.45) is 13.2. The molecule has 3 heterocycles. The van der Waals surface area contributed by atoms with E-state index < -0.39 is 5.82 Å². The Hall–Kier alpha value is -3.49. The lowest BCUT2D eigenvalue weighted by atomic mass is 9.89. The Kier molecular flexibility index (Phi) is 10.5. The molecule has 2 fully saturated rings. The van der Waals surface area contributed by atoms with Gasteiger partial charge in [0.15, 0.2) is 5.82 Å². The van der Waals surface area contributed by atoms with Crippen LogP contribution in [0, 0.1) is 17.7 Å². The predicted octanol–water partition coefficient (Wildman–Crippen LogP) is 8.61. The second-order valence-corrected chi connectivity index (χ2v) is 14.5. The molecule has 250 valence electrons. The van der Waals surface area contributed by atoms with Gasteiger partial charge in [0.25, 0.3) is 0 Å². The van der Waals surface area contributed by atoms with Crippen molar-refractivity contribution in [2.45, 2.75) is 97.1 Å². The molecule has 1 aliphatic heterocycles. The second-order valence-electron chi connectivity index (χ2n) is 14.1. The van der Waals surface area contributed by atoms with Gasteiger partial charge in [0.05, 0.1) is 22.2 Å². The maximum atomic E-state index is 15.2. The lowest BCUT2D eigenvalue weighted by Crippen LogP contribution is -2.43. The molecule has 2 aromatic heterocycles. The molecule has 0 spiro atoms. The highest BCUT2D eigenvalue weighted by Gasteiger charge is 2.33. The molecule has 2 aromatic carbocycles. The molecule has 3 N–H and O–H groups in total. The monoisotopic (exact) mass is 658 g/mol. The number of hydrogen-bond acceptors (Lipinski definition) is 4. The van der Waals surface area contributed by atoms with Crippen molar-refractivity contribution in [1.82, 2.24) is 19.4 Å². The fourth-order valence-electron chi connectivity index (χ4n) is 7.15. The van der Waals surface area contributed by atoms with Gasteiger partial charge in [0.2, 0.25) is 0 Å². The molecule has 9 heteroatoms. The van der Waals surface area contributed by atoms with Gasteiger partial charge in [-0.05, 0) is 112 Å². The summed E-state index contributed by atoms with van der Waals surface area (Å²) in [6, 6.07) is 14.6. The normalized spacial score (nSPS) is 19.2. The summed E-state index contributed by atoms with van der Waals surface area (Å²) >= 11 is 6.32. The topological polar surface area (TPSA) is 92.3 Å². The lowest BCUT2D eigenvalue weighted by molar-refractivity contribution is 0.0753. The quantitative estimate of drug-likeness (QED) is 0.111. The zero-order chi connectivity index (χ0) is 33.1.